The minimum atomic E-state index is -0.0715. The fourth-order valence-electron chi connectivity index (χ4n) is 4.93. The van der Waals surface area contributed by atoms with Crippen LogP contribution in [0, 0.1) is 0 Å². The normalized spacial score (nSPS) is 13.3. The summed E-state index contributed by atoms with van der Waals surface area (Å²) >= 11 is 1.67. The van der Waals surface area contributed by atoms with Crippen LogP contribution in [0.3, 0.4) is 0 Å². The van der Waals surface area contributed by atoms with Crippen LogP contribution in [0.1, 0.15) is 53.3 Å². The molecule has 5 nitrogen and oxygen atoms in total. The van der Waals surface area contributed by atoms with Crippen molar-refractivity contribution in [3.8, 4) is 11.1 Å². The maximum absolute atomic E-state index is 13.8. The van der Waals surface area contributed by atoms with Crippen LogP contribution in [-0.2, 0) is 25.9 Å². The predicted molar refractivity (Wildman–Crippen MR) is 143 cm³/mol. The first-order valence-electron chi connectivity index (χ1n) is 12.5. The molecule has 6 heteroatoms. The Labute approximate surface area is 210 Å². The Balaban J connectivity index is 1.52. The molecule has 0 N–H and O–H groups in total. The number of aryl methyl sites for hydroxylation is 2. The lowest BCUT2D eigenvalue weighted by Gasteiger charge is -2.20. The van der Waals surface area contributed by atoms with Crippen LogP contribution in [0.5, 0.6) is 0 Å². The maximum atomic E-state index is 13.8. The number of aromatic nitrogens is 2. The lowest BCUT2D eigenvalue weighted by atomic mass is 9.97. The molecule has 4 aromatic rings. The van der Waals surface area contributed by atoms with Crippen molar-refractivity contribution in [1.82, 2.24) is 14.5 Å². The summed E-state index contributed by atoms with van der Waals surface area (Å²) in [7, 11) is 0. The first-order valence-corrected chi connectivity index (χ1v) is 13.4. The molecule has 35 heavy (non-hydrogen) atoms. The number of thiophene rings is 1. The summed E-state index contributed by atoms with van der Waals surface area (Å²) in [6.45, 7) is 6.50. The zero-order valence-electron chi connectivity index (χ0n) is 20.4. The van der Waals surface area contributed by atoms with E-state index in [4.69, 9.17) is 4.98 Å². The third-order valence-electron chi connectivity index (χ3n) is 7.03. The number of nitrogens with zero attached hydrogens (tertiary/aromatic N) is 3. The number of benzene rings is 2. The summed E-state index contributed by atoms with van der Waals surface area (Å²) in [6.07, 6.45) is 4.22. The maximum Gasteiger partial charge on any atom is 0.263 e. The van der Waals surface area contributed by atoms with E-state index in [0.717, 1.165) is 65.7 Å². The molecule has 1 aliphatic carbocycles. The summed E-state index contributed by atoms with van der Waals surface area (Å²) in [5, 5.41) is 0.736. The van der Waals surface area contributed by atoms with Gasteiger partial charge < -0.3 is 0 Å². The van der Waals surface area contributed by atoms with Gasteiger partial charge >= 0.3 is 0 Å². The van der Waals surface area contributed by atoms with E-state index in [2.05, 4.69) is 30.9 Å². The highest BCUT2D eigenvalue weighted by atomic mass is 32.1. The topological polar surface area (TPSA) is 55.2 Å². The molecule has 2 aromatic carbocycles. The number of hydrogen-bond donors (Lipinski definition) is 0. The SMILES string of the molecule is CCN(CC)Cc1nc2sc3c(c2c(=O)n1CC(=O)c1ccc(-c2ccccc2)cc1)CCCC3. The van der Waals surface area contributed by atoms with Crippen molar-refractivity contribution >= 4 is 27.3 Å². The van der Waals surface area contributed by atoms with Gasteiger partial charge in [-0.3, -0.25) is 19.1 Å². The Morgan fingerprint density at radius 3 is 2.37 bits per heavy atom. The molecule has 1 aliphatic rings. The van der Waals surface area contributed by atoms with Gasteiger partial charge in [-0.15, -0.1) is 11.3 Å². The van der Waals surface area contributed by atoms with Gasteiger partial charge in [-0.1, -0.05) is 68.4 Å². The van der Waals surface area contributed by atoms with Gasteiger partial charge in [-0.05, 0) is 55.5 Å². The molecule has 0 saturated carbocycles. The van der Waals surface area contributed by atoms with Crippen LogP contribution < -0.4 is 5.56 Å². The van der Waals surface area contributed by atoms with Crippen molar-refractivity contribution in [1.29, 1.82) is 0 Å². The highest BCUT2D eigenvalue weighted by Gasteiger charge is 2.23. The number of Topliss-reactive ketones (excluding diaryl/α,β-unsaturated/α-hetero) is 1. The fraction of sp³-hybridized carbons (Fsp3) is 0.345. The smallest absolute Gasteiger partial charge is 0.263 e. The number of rotatable bonds is 8. The molecule has 180 valence electrons. The number of hydrogen-bond acceptors (Lipinski definition) is 5. The zero-order chi connectivity index (χ0) is 24.4. The van der Waals surface area contributed by atoms with Gasteiger partial charge in [-0.25, -0.2) is 4.98 Å². The molecular weight excluding hydrogens is 454 g/mol. The Kier molecular flexibility index (Phi) is 6.93. The van der Waals surface area contributed by atoms with E-state index < -0.39 is 0 Å². The quantitative estimate of drug-likeness (QED) is 0.299. The van der Waals surface area contributed by atoms with Crippen LogP contribution >= 0.6 is 11.3 Å². The third-order valence-corrected chi connectivity index (χ3v) is 8.21. The van der Waals surface area contributed by atoms with E-state index in [0.29, 0.717) is 17.9 Å². The fourth-order valence-corrected chi connectivity index (χ4v) is 6.20. The lowest BCUT2D eigenvalue weighted by Crippen LogP contribution is -2.33. The first-order chi connectivity index (χ1) is 17.1. The second-order valence-electron chi connectivity index (χ2n) is 9.14. The van der Waals surface area contributed by atoms with Crippen LogP contribution in [0.4, 0.5) is 0 Å². The third kappa shape index (κ3) is 4.73. The molecule has 2 aromatic heterocycles. The molecule has 0 saturated heterocycles. The average molecular weight is 486 g/mol. The lowest BCUT2D eigenvalue weighted by molar-refractivity contribution is 0.0968. The minimum absolute atomic E-state index is 0.00762. The van der Waals surface area contributed by atoms with Crippen LogP contribution in [0.25, 0.3) is 21.3 Å². The molecule has 0 amide bonds. The largest absolute Gasteiger partial charge is 0.297 e. The van der Waals surface area contributed by atoms with E-state index >= 15 is 0 Å². The van der Waals surface area contributed by atoms with Gasteiger partial charge in [0.15, 0.2) is 5.78 Å². The van der Waals surface area contributed by atoms with Crippen molar-refractivity contribution < 1.29 is 4.79 Å². The van der Waals surface area contributed by atoms with Gasteiger partial charge in [0.2, 0.25) is 0 Å². The summed E-state index contributed by atoms with van der Waals surface area (Å²) < 4.78 is 1.63. The van der Waals surface area contributed by atoms with Crippen LogP contribution in [-0.4, -0.2) is 33.3 Å². The zero-order valence-corrected chi connectivity index (χ0v) is 21.2. The molecular formula is C29H31N3O2S. The molecule has 2 heterocycles. The highest BCUT2D eigenvalue weighted by molar-refractivity contribution is 7.18. The summed E-state index contributed by atoms with van der Waals surface area (Å²) in [4.78, 5) is 36.5. The van der Waals surface area contributed by atoms with Crippen molar-refractivity contribution in [3.63, 3.8) is 0 Å². The van der Waals surface area contributed by atoms with E-state index in [1.165, 1.54) is 4.88 Å². The minimum Gasteiger partial charge on any atom is -0.297 e. The van der Waals surface area contributed by atoms with Gasteiger partial charge in [0.1, 0.15) is 10.7 Å². The average Bonchev–Trinajstić information content (AvgIpc) is 3.28. The number of ketones is 1. The van der Waals surface area contributed by atoms with Crippen molar-refractivity contribution in [2.45, 2.75) is 52.6 Å². The number of carbonyl (C=O) groups is 1. The van der Waals surface area contributed by atoms with Crippen LogP contribution in [0.2, 0.25) is 0 Å². The Morgan fingerprint density at radius 1 is 0.971 bits per heavy atom. The highest BCUT2D eigenvalue weighted by Crippen LogP contribution is 2.34. The van der Waals surface area contributed by atoms with E-state index in [1.807, 2.05) is 42.5 Å². The molecule has 0 radical (unpaired) electrons. The van der Waals surface area contributed by atoms with Crippen molar-refractivity contribution in [2.24, 2.45) is 0 Å². The molecule has 0 fully saturated rings. The van der Waals surface area contributed by atoms with Crippen LogP contribution in [0.15, 0.2) is 59.4 Å². The van der Waals surface area contributed by atoms with Gasteiger partial charge in [0.05, 0.1) is 18.5 Å². The van der Waals surface area contributed by atoms with E-state index in [9.17, 15) is 9.59 Å². The standard InChI is InChI=1S/C29H31N3O2S/c1-3-31(4-2)19-26-30-28-27(23-12-8-9-13-25(23)35-28)29(34)32(26)18-24(33)22-16-14-21(15-17-22)20-10-6-5-7-11-20/h5-7,10-11,14-17H,3-4,8-9,12-13,18-19H2,1-2H3. The molecule has 0 bridgehead atoms. The Bertz CT molecular complexity index is 1400. The second-order valence-corrected chi connectivity index (χ2v) is 10.2. The summed E-state index contributed by atoms with van der Waals surface area (Å²) in [6, 6.07) is 17.8. The van der Waals surface area contributed by atoms with E-state index in [1.54, 1.807) is 15.9 Å². The van der Waals surface area contributed by atoms with E-state index in [-0.39, 0.29) is 17.9 Å². The van der Waals surface area contributed by atoms with Gasteiger partial charge in [0, 0.05) is 10.4 Å². The molecule has 0 spiro atoms. The van der Waals surface area contributed by atoms with Crippen molar-refractivity contribution in [3.05, 3.63) is 86.8 Å². The molecule has 5 rings (SSSR count). The first kappa shape index (κ1) is 23.6. The molecule has 0 atom stereocenters. The predicted octanol–water partition coefficient (Wildman–Crippen LogP) is 5.73. The Morgan fingerprint density at radius 2 is 1.66 bits per heavy atom. The molecule has 0 unspecified atom stereocenters. The molecule has 0 aliphatic heterocycles. The second kappa shape index (κ2) is 10.3. The number of carbonyl (C=O) groups excluding carboxylic acids is 1. The van der Waals surface area contributed by atoms with Gasteiger partial charge in [0.25, 0.3) is 5.56 Å². The summed E-state index contributed by atoms with van der Waals surface area (Å²) in [5.74, 6) is 0.608. The number of fused-ring (bicyclic) bond motifs is 3. The van der Waals surface area contributed by atoms with Crippen molar-refractivity contribution in [2.75, 3.05) is 13.1 Å². The Hall–Kier alpha value is -3.09. The van der Waals surface area contributed by atoms with Gasteiger partial charge in [-0.2, -0.15) is 0 Å². The monoisotopic (exact) mass is 485 g/mol. The summed E-state index contributed by atoms with van der Waals surface area (Å²) in [5.41, 5.74) is 3.89.